The fourth-order valence-electron chi connectivity index (χ4n) is 3.46. The highest BCUT2D eigenvalue weighted by molar-refractivity contribution is 9.10. The number of benzene rings is 2. The van der Waals surface area contributed by atoms with Crippen molar-refractivity contribution in [3.05, 3.63) is 89.3 Å². The van der Waals surface area contributed by atoms with Crippen LogP contribution in [-0.2, 0) is 6.54 Å². The van der Waals surface area contributed by atoms with Crippen molar-refractivity contribution in [3.8, 4) is 28.3 Å². The van der Waals surface area contributed by atoms with Crippen molar-refractivity contribution in [2.45, 2.75) is 6.54 Å². The van der Waals surface area contributed by atoms with E-state index in [0.29, 0.717) is 6.54 Å². The van der Waals surface area contributed by atoms with Crippen LogP contribution in [0.2, 0.25) is 0 Å². The summed E-state index contributed by atoms with van der Waals surface area (Å²) in [6, 6.07) is 22.0. The van der Waals surface area contributed by atoms with Gasteiger partial charge in [0.2, 0.25) is 0 Å². The number of hydrogen-bond acceptors (Lipinski definition) is 4. The number of methoxy groups -OCH3 is 1. The zero-order valence-electron chi connectivity index (χ0n) is 16.2. The van der Waals surface area contributed by atoms with E-state index in [1.54, 1.807) is 7.11 Å². The second kappa shape index (κ2) is 7.76. The van der Waals surface area contributed by atoms with Crippen molar-refractivity contribution < 1.29 is 4.74 Å². The Morgan fingerprint density at radius 3 is 2.47 bits per heavy atom. The van der Waals surface area contributed by atoms with Gasteiger partial charge in [-0.15, -0.1) is 5.10 Å². The Hall–Kier alpha value is -3.45. The zero-order chi connectivity index (χ0) is 20.5. The van der Waals surface area contributed by atoms with E-state index in [9.17, 15) is 0 Å². The molecule has 3 aromatic heterocycles. The molecule has 0 aliphatic rings. The average molecular weight is 460 g/mol. The van der Waals surface area contributed by atoms with Crippen molar-refractivity contribution >= 4 is 21.6 Å². The summed E-state index contributed by atoms with van der Waals surface area (Å²) < 4.78 is 10.2. The van der Waals surface area contributed by atoms with Gasteiger partial charge in [0.25, 0.3) is 0 Å². The van der Waals surface area contributed by atoms with Crippen molar-refractivity contribution in [2.24, 2.45) is 0 Å². The molecule has 0 amide bonds. The highest BCUT2D eigenvalue weighted by Gasteiger charge is 2.15. The van der Waals surface area contributed by atoms with Crippen molar-refractivity contribution in [1.82, 2.24) is 24.4 Å². The quantitative estimate of drug-likeness (QED) is 0.367. The third-order valence-corrected chi connectivity index (χ3v) is 5.51. The van der Waals surface area contributed by atoms with Crippen LogP contribution in [0.4, 0.5) is 0 Å². The van der Waals surface area contributed by atoms with Gasteiger partial charge in [-0.1, -0.05) is 39.3 Å². The number of aromatic nitrogens is 5. The van der Waals surface area contributed by atoms with Gasteiger partial charge in [0.1, 0.15) is 17.1 Å². The second-order valence-electron chi connectivity index (χ2n) is 6.87. The fourth-order valence-corrected chi connectivity index (χ4v) is 3.72. The van der Waals surface area contributed by atoms with Gasteiger partial charge in [0, 0.05) is 21.8 Å². The van der Waals surface area contributed by atoms with Crippen LogP contribution in [0.5, 0.6) is 5.75 Å². The predicted octanol–water partition coefficient (Wildman–Crippen LogP) is 5.08. The molecule has 0 atom stereocenters. The normalized spacial score (nSPS) is 11.1. The summed E-state index contributed by atoms with van der Waals surface area (Å²) in [5.41, 5.74) is 5.77. The molecule has 0 saturated carbocycles. The monoisotopic (exact) mass is 459 g/mol. The molecule has 0 aliphatic heterocycles. The van der Waals surface area contributed by atoms with E-state index < -0.39 is 0 Å². The minimum Gasteiger partial charge on any atom is -0.497 e. The summed E-state index contributed by atoms with van der Waals surface area (Å²) in [6.45, 7) is 0.555. The number of rotatable bonds is 5. The van der Waals surface area contributed by atoms with Gasteiger partial charge in [-0.2, -0.15) is 0 Å². The summed E-state index contributed by atoms with van der Waals surface area (Å²) >= 11 is 3.50. The van der Waals surface area contributed by atoms with Gasteiger partial charge in [-0.05, 0) is 48.5 Å². The summed E-state index contributed by atoms with van der Waals surface area (Å²) in [7, 11) is 1.66. The molecule has 3 heterocycles. The van der Waals surface area contributed by atoms with Crippen LogP contribution >= 0.6 is 15.9 Å². The third kappa shape index (κ3) is 3.48. The largest absolute Gasteiger partial charge is 0.497 e. The highest BCUT2D eigenvalue weighted by atomic mass is 79.9. The van der Waals surface area contributed by atoms with Crippen LogP contribution < -0.4 is 4.74 Å². The molecule has 5 aromatic rings. The van der Waals surface area contributed by atoms with Gasteiger partial charge < -0.3 is 9.14 Å². The first-order chi connectivity index (χ1) is 14.7. The minimum absolute atomic E-state index is 0.555. The van der Waals surface area contributed by atoms with E-state index >= 15 is 0 Å². The SMILES string of the molecule is COc1ccc(-c2cn(Cc3c(-c4ccc(Br)cc4)nc4ccccn34)nn2)cc1. The van der Waals surface area contributed by atoms with E-state index in [-0.39, 0.29) is 0 Å². The molecule has 0 N–H and O–H groups in total. The summed E-state index contributed by atoms with van der Waals surface area (Å²) in [5, 5.41) is 8.71. The minimum atomic E-state index is 0.555. The van der Waals surface area contributed by atoms with Crippen LogP contribution in [0.1, 0.15) is 5.69 Å². The summed E-state index contributed by atoms with van der Waals surface area (Å²) in [6.07, 6.45) is 3.98. The summed E-state index contributed by atoms with van der Waals surface area (Å²) in [4.78, 5) is 4.87. The number of halogens is 1. The molecule has 5 rings (SSSR count). The smallest absolute Gasteiger partial charge is 0.137 e. The number of pyridine rings is 1. The number of fused-ring (bicyclic) bond motifs is 1. The van der Waals surface area contributed by atoms with E-state index in [1.165, 1.54) is 0 Å². The van der Waals surface area contributed by atoms with Crippen molar-refractivity contribution in [1.29, 1.82) is 0 Å². The topological polar surface area (TPSA) is 57.2 Å². The van der Waals surface area contributed by atoms with E-state index in [4.69, 9.17) is 9.72 Å². The standard InChI is InChI=1S/C23H18BrN5O/c1-30-19-11-7-16(8-12-19)20-14-28(27-26-20)15-21-23(17-5-9-18(24)10-6-17)25-22-4-2-3-13-29(21)22/h2-14H,15H2,1H3. The molecule has 6 nitrogen and oxygen atoms in total. The molecule has 0 fully saturated rings. The number of imidazole rings is 1. The van der Waals surface area contributed by atoms with E-state index in [0.717, 1.165) is 44.1 Å². The molecular weight excluding hydrogens is 442 g/mol. The summed E-state index contributed by atoms with van der Waals surface area (Å²) in [5.74, 6) is 0.816. The Morgan fingerprint density at radius 1 is 0.933 bits per heavy atom. The number of hydrogen-bond donors (Lipinski definition) is 0. The lowest BCUT2D eigenvalue weighted by Gasteiger charge is -2.05. The Kier molecular flexibility index (Phi) is 4.80. The van der Waals surface area contributed by atoms with Crippen molar-refractivity contribution in [2.75, 3.05) is 7.11 Å². The fraction of sp³-hybridized carbons (Fsp3) is 0.0870. The number of ether oxygens (including phenoxy) is 1. The van der Waals surface area contributed by atoms with Crippen LogP contribution in [-0.4, -0.2) is 31.5 Å². The van der Waals surface area contributed by atoms with Gasteiger partial charge in [0.15, 0.2) is 0 Å². The molecule has 30 heavy (non-hydrogen) atoms. The van der Waals surface area contributed by atoms with Gasteiger partial charge in [0.05, 0.1) is 31.2 Å². The molecule has 0 aliphatic carbocycles. The molecule has 148 valence electrons. The Morgan fingerprint density at radius 2 is 1.70 bits per heavy atom. The third-order valence-electron chi connectivity index (χ3n) is 4.98. The second-order valence-corrected chi connectivity index (χ2v) is 7.79. The maximum absolute atomic E-state index is 5.23. The molecule has 0 saturated heterocycles. The van der Waals surface area contributed by atoms with Gasteiger partial charge >= 0.3 is 0 Å². The van der Waals surface area contributed by atoms with Crippen LogP contribution in [0.3, 0.4) is 0 Å². The molecule has 7 heteroatoms. The Labute approximate surface area is 181 Å². The first-order valence-corrected chi connectivity index (χ1v) is 10.3. The van der Waals surface area contributed by atoms with Crippen molar-refractivity contribution in [3.63, 3.8) is 0 Å². The first kappa shape index (κ1) is 18.6. The number of nitrogens with zero attached hydrogens (tertiary/aromatic N) is 5. The molecular formula is C23H18BrN5O. The van der Waals surface area contributed by atoms with E-state index in [2.05, 4.69) is 42.8 Å². The predicted molar refractivity (Wildman–Crippen MR) is 119 cm³/mol. The molecule has 0 bridgehead atoms. The zero-order valence-corrected chi connectivity index (χ0v) is 17.8. The Bertz CT molecular complexity index is 1310. The van der Waals surface area contributed by atoms with Gasteiger partial charge in [-0.25, -0.2) is 9.67 Å². The molecule has 0 unspecified atom stereocenters. The molecule has 0 radical (unpaired) electrons. The lowest BCUT2D eigenvalue weighted by Crippen LogP contribution is -2.05. The maximum atomic E-state index is 5.23. The Balaban J connectivity index is 1.53. The highest BCUT2D eigenvalue weighted by Crippen LogP contribution is 2.27. The van der Waals surface area contributed by atoms with Crippen LogP contribution in [0, 0.1) is 0 Å². The molecule has 0 spiro atoms. The first-order valence-electron chi connectivity index (χ1n) is 9.48. The van der Waals surface area contributed by atoms with Gasteiger partial charge in [-0.3, -0.25) is 0 Å². The van der Waals surface area contributed by atoms with E-state index in [1.807, 2.05) is 71.7 Å². The maximum Gasteiger partial charge on any atom is 0.137 e. The lowest BCUT2D eigenvalue weighted by molar-refractivity contribution is 0.415. The van der Waals surface area contributed by atoms with Crippen LogP contribution in [0.15, 0.2) is 83.6 Å². The molecule has 2 aromatic carbocycles. The average Bonchev–Trinajstić information content (AvgIpc) is 3.40. The van der Waals surface area contributed by atoms with Crippen LogP contribution in [0.25, 0.3) is 28.2 Å². The lowest BCUT2D eigenvalue weighted by atomic mass is 10.1.